The smallest absolute Gasteiger partial charge is 0.307 e. The SMILES string of the molecule is CC(C)C(=O)N1CCC2(CC1)CC2C(=O)O. The molecule has 0 aromatic heterocycles. The number of carboxylic acids is 1. The Morgan fingerprint density at radius 1 is 1.31 bits per heavy atom. The highest BCUT2D eigenvalue weighted by molar-refractivity contribution is 5.78. The fourth-order valence-electron chi connectivity index (χ4n) is 2.79. The molecule has 4 heteroatoms. The monoisotopic (exact) mass is 225 g/mol. The maximum absolute atomic E-state index is 11.8. The van der Waals surface area contributed by atoms with Gasteiger partial charge in [-0.15, -0.1) is 0 Å². The first-order valence-corrected chi connectivity index (χ1v) is 5.98. The Hall–Kier alpha value is -1.06. The Kier molecular flexibility index (Phi) is 2.68. The molecule has 2 rings (SSSR count). The van der Waals surface area contributed by atoms with Gasteiger partial charge < -0.3 is 10.0 Å². The van der Waals surface area contributed by atoms with Gasteiger partial charge in [-0.05, 0) is 24.7 Å². The zero-order valence-corrected chi connectivity index (χ0v) is 9.90. The van der Waals surface area contributed by atoms with Gasteiger partial charge in [-0.25, -0.2) is 0 Å². The van der Waals surface area contributed by atoms with Gasteiger partial charge in [0.05, 0.1) is 5.92 Å². The van der Waals surface area contributed by atoms with Crippen molar-refractivity contribution in [1.29, 1.82) is 0 Å². The van der Waals surface area contributed by atoms with Crippen molar-refractivity contribution >= 4 is 11.9 Å². The minimum absolute atomic E-state index is 0.0274. The van der Waals surface area contributed by atoms with Gasteiger partial charge >= 0.3 is 5.97 Å². The van der Waals surface area contributed by atoms with E-state index in [0.29, 0.717) is 0 Å². The number of carboxylic acid groups (broad SMARTS) is 1. The molecule has 1 saturated carbocycles. The molecule has 0 bridgehead atoms. The van der Waals surface area contributed by atoms with Crippen LogP contribution in [0.25, 0.3) is 0 Å². The summed E-state index contributed by atoms with van der Waals surface area (Å²) in [5, 5.41) is 8.95. The molecule has 1 N–H and O–H groups in total. The van der Waals surface area contributed by atoms with Crippen molar-refractivity contribution in [2.45, 2.75) is 33.1 Å². The van der Waals surface area contributed by atoms with E-state index < -0.39 is 5.97 Å². The van der Waals surface area contributed by atoms with Crippen molar-refractivity contribution in [3.63, 3.8) is 0 Å². The summed E-state index contributed by atoms with van der Waals surface area (Å²) in [6.45, 7) is 5.29. The molecule has 1 spiro atoms. The van der Waals surface area contributed by atoms with Crippen LogP contribution < -0.4 is 0 Å². The summed E-state index contributed by atoms with van der Waals surface area (Å²) in [4.78, 5) is 24.5. The lowest BCUT2D eigenvalue weighted by atomic mass is 9.90. The molecular formula is C12H19NO3. The number of carbonyl (C=O) groups is 2. The fraction of sp³-hybridized carbons (Fsp3) is 0.833. The van der Waals surface area contributed by atoms with E-state index in [4.69, 9.17) is 5.11 Å². The molecule has 16 heavy (non-hydrogen) atoms. The Balaban J connectivity index is 1.89. The van der Waals surface area contributed by atoms with Crippen LogP contribution in [0, 0.1) is 17.3 Å². The Labute approximate surface area is 95.6 Å². The fourth-order valence-corrected chi connectivity index (χ4v) is 2.79. The molecule has 1 atom stereocenters. The molecule has 2 fully saturated rings. The van der Waals surface area contributed by atoms with Gasteiger partial charge in [-0.3, -0.25) is 9.59 Å². The number of nitrogens with zero attached hydrogens (tertiary/aromatic N) is 1. The molecule has 1 unspecified atom stereocenters. The van der Waals surface area contributed by atoms with Crippen LogP contribution in [0.1, 0.15) is 33.1 Å². The van der Waals surface area contributed by atoms with Gasteiger partial charge in [0, 0.05) is 19.0 Å². The number of hydrogen-bond acceptors (Lipinski definition) is 2. The largest absolute Gasteiger partial charge is 0.481 e. The summed E-state index contributed by atoms with van der Waals surface area (Å²) in [5.41, 5.74) is 0.0274. The van der Waals surface area contributed by atoms with Crippen LogP contribution >= 0.6 is 0 Å². The molecule has 1 saturated heterocycles. The number of aliphatic carboxylic acids is 1. The second-order valence-electron chi connectivity index (χ2n) is 5.44. The van der Waals surface area contributed by atoms with Crippen LogP contribution in [-0.4, -0.2) is 35.0 Å². The zero-order valence-electron chi connectivity index (χ0n) is 9.90. The third kappa shape index (κ3) is 1.81. The van der Waals surface area contributed by atoms with Gasteiger partial charge in [0.1, 0.15) is 0 Å². The summed E-state index contributed by atoms with van der Waals surface area (Å²) >= 11 is 0. The zero-order chi connectivity index (χ0) is 11.9. The molecular weight excluding hydrogens is 206 g/mol. The number of amides is 1. The molecule has 0 aromatic carbocycles. The van der Waals surface area contributed by atoms with Gasteiger partial charge in [0.2, 0.25) is 5.91 Å². The number of piperidine rings is 1. The second-order valence-corrected chi connectivity index (χ2v) is 5.44. The average Bonchev–Trinajstić information content (AvgIpc) is 2.93. The van der Waals surface area contributed by atoms with Gasteiger partial charge in [-0.2, -0.15) is 0 Å². The quantitative estimate of drug-likeness (QED) is 0.772. The van der Waals surface area contributed by atoms with E-state index in [1.165, 1.54) is 0 Å². The van der Waals surface area contributed by atoms with Crippen LogP contribution in [0.5, 0.6) is 0 Å². The highest BCUT2D eigenvalue weighted by atomic mass is 16.4. The number of rotatable bonds is 2. The van der Waals surface area contributed by atoms with E-state index in [1.54, 1.807) is 0 Å². The van der Waals surface area contributed by atoms with Crippen molar-refractivity contribution in [3.05, 3.63) is 0 Å². The summed E-state index contributed by atoms with van der Waals surface area (Å²) in [6, 6.07) is 0. The van der Waals surface area contributed by atoms with E-state index in [9.17, 15) is 9.59 Å². The van der Waals surface area contributed by atoms with Crippen LogP contribution in [0.4, 0.5) is 0 Å². The third-order valence-corrected chi connectivity index (χ3v) is 4.05. The summed E-state index contributed by atoms with van der Waals surface area (Å²) in [6.07, 6.45) is 2.54. The summed E-state index contributed by atoms with van der Waals surface area (Å²) in [5.74, 6) is -0.571. The predicted molar refractivity (Wildman–Crippen MR) is 58.8 cm³/mol. The van der Waals surface area contributed by atoms with E-state index in [1.807, 2.05) is 18.7 Å². The van der Waals surface area contributed by atoms with Crippen LogP contribution in [0.3, 0.4) is 0 Å². The second kappa shape index (κ2) is 3.75. The highest BCUT2D eigenvalue weighted by Gasteiger charge is 2.59. The number of hydrogen-bond donors (Lipinski definition) is 1. The molecule has 4 nitrogen and oxygen atoms in total. The molecule has 90 valence electrons. The van der Waals surface area contributed by atoms with Crippen molar-refractivity contribution in [2.75, 3.05) is 13.1 Å². The molecule has 1 heterocycles. The standard InChI is InChI=1S/C12H19NO3/c1-8(2)10(14)13-5-3-12(4-6-13)7-9(12)11(15)16/h8-9H,3-7H2,1-2H3,(H,15,16). The third-order valence-electron chi connectivity index (χ3n) is 4.05. The molecule has 0 radical (unpaired) electrons. The molecule has 1 amide bonds. The number of likely N-dealkylation sites (tertiary alicyclic amines) is 1. The maximum atomic E-state index is 11.8. The van der Waals surface area contributed by atoms with Gasteiger partial charge in [-0.1, -0.05) is 13.8 Å². The van der Waals surface area contributed by atoms with E-state index in [-0.39, 0.29) is 23.2 Å². The summed E-state index contributed by atoms with van der Waals surface area (Å²) in [7, 11) is 0. The average molecular weight is 225 g/mol. The minimum Gasteiger partial charge on any atom is -0.481 e. The van der Waals surface area contributed by atoms with Crippen LogP contribution in [-0.2, 0) is 9.59 Å². The molecule has 0 aromatic rings. The van der Waals surface area contributed by atoms with Crippen LogP contribution in [0.2, 0.25) is 0 Å². The molecule has 2 aliphatic rings. The lowest BCUT2D eigenvalue weighted by molar-refractivity contribution is -0.140. The van der Waals surface area contributed by atoms with Crippen molar-refractivity contribution < 1.29 is 14.7 Å². The molecule has 1 aliphatic carbocycles. The van der Waals surface area contributed by atoms with E-state index >= 15 is 0 Å². The van der Waals surface area contributed by atoms with E-state index in [0.717, 1.165) is 32.4 Å². The van der Waals surface area contributed by atoms with Crippen molar-refractivity contribution in [1.82, 2.24) is 4.90 Å². The van der Waals surface area contributed by atoms with E-state index in [2.05, 4.69) is 0 Å². The lowest BCUT2D eigenvalue weighted by Gasteiger charge is -2.33. The minimum atomic E-state index is -0.663. The van der Waals surface area contributed by atoms with Gasteiger partial charge in [0.25, 0.3) is 0 Å². The van der Waals surface area contributed by atoms with Crippen molar-refractivity contribution in [3.8, 4) is 0 Å². The Bertz CT molecular complexity index is 316. The normalized spacial score (nSPS) is 27.2. The Morgan fingerprint density at radius 3 is 2.25 bits per heavy atom. The molecule has 1 aliphatic heterocycles. The maximum Gasteiger partial charge on any atom is 0.307 e. The highest BCUT2D eigenvalue weighted by Crippen LogP contribution is 2.59. The lowest BCUT2D eigenvalue weighted by Crippen LogP contribution is -2.41. The number of carbonyl (C=O) groups excluding carboxylic acids is 1. The van der Waals surface area contributed by atoms with Gasteiger partial charge in [0.15, 0.2) is 0 Å². The summed E-state index contributed by atoms with van der Waals surface area (Å²) < 4.78 is 0. The Morgan fingerprint density at radius 2 is 1.88 bits per heavy atom. The first-order chi connectivity index (χ1) is 7.46. The first-order valence-electron chi connectivity index (χ1n) is 5.98. The topological polar surface area (TPSA) is 57.6 Å². The first kappa shape index (κ1) is 11.4. The predicted octanol–water partition coefficient (Wildman–Crippen LogP) is 1.36. The van der Waals surface area contributed by atoms with Crippen molar-refractivity contribution in [2.24, 2.45) is 17.3 Å². The van der Waals surface area contributed by atoms with Crippen LogP contribution in [0.15, 0.2) is 0 Å².